The lowest BCUT2D eigenvalue weighted by atomic mass is 9.92. The molecule has 0 spiro atoms. The molecule has 4 heteroatoms. The van der Waals surface area contributed by atoms with Crippen molar-refractivity contribution in [1.29, 1.82) is 5.26 Å². The largest absolute Gasteiger partial charge is 0.396 e. The molecule has 17 heavy (non-hydrogen) atoms. The minimum absolute atomic E-state index is 0.265. The van der Waals surface area contributed by atoms with Gasteiger partial charge in [0.05, 0.1) is 6.07 Å². The van der Waals surface area contributed by atoms with E-state index in [1.165, 1.54) is 0 Å². The summed E-state index contributed by atoms with van der Waals surface area (Å²) in [6.07, 6.45) is 2.82. The summed E-state index contributed by atoms with van der Waals surface area (Å²) in [5.74, 6) is 2.45. The molecule has 0 rings (SSSR count). The number of nitrogens with one attached hydrogen (secondary N) is 1. The molecule has 0 aromatic heterocycles. The van der Waals surface area contributed by atoms with Crippen molar-refractivity contribution in [3.8, 4) is 6.07 Å². The number of aliphatic hydroxyl groups excluding tert-OH is 1. The van der Waals surface area contributed by atoms with Gasteiger partial charge in [0.25, 0.3) is 0 Å². The first-order valence-corrected chi connectivity index (χ1v) is 7.64. The van der Waals surface area contributed by atoms with Gasteiger partial charge in [0.2, 0.25) is 0 Å². The van der Waals surface area contributed by atoms with Gasteiger partial charge in [-0.3, -0.25) is 5.32 Å². The van der Waals surface area contributed by atoms with E-state index in [2.05, 4.69) is 25.2 Å². The number of rotatable bonds is 10. The van der Waals surface area contributed by atoms with Crippen LogP contribution in [-0.4, -0.2) is 35.3 Å². The van der Waals surface area contributed by atoms with Gasteiger partial charge in [0.15, 0.2) is 0 Å². The van der Waals surface area contributed by atoms with Crippen molar-refractivity contribution in [2.45, 2.75) is 45.6 Å². The zero-order valence-corrected chi connectivity index (χ0v) is 12.1. The number of aliphatic hydroxyl groups is 1. The molecule has 0 aromatic carbocycles. The fourth-order valence-electron chi connectivity index (χ4n) is 1.72. The molecule has 0 aliphatic heterocycles. The van der Waals surface area contributed by atoms with Gasteiger partial charge in [-0.1, -0.05) is 20.8 Å². The van der Waals surface area contributed by atoms with Crippen LogP contribution in [0.25, 0.3) is 0 Å². The number of nitrogens with zero attached hydrogens (tertiary/aromatic N) is 1. The van der Waals surface area contributed by atoms with Crippen molar-refractivity contribution in [1.82, 2.24) is 5.32 Å². The highest BCUT2D eigenvalue weighted by molar-refractivity contribution is 7.99. The number of hydrogen-bond donors (Lipinski definition) is 2. The first-order chi connectivity index (χ1) is 8.14. The van der Waals surface area contributed by atoms with Crippen LogP contribution in [0.15, 0.2) is 0 Å². The summed E-state index contributed by atoms with van der Waals surface area (Å²) < 4.78 is 0. The Bertz CT molecular complexity index is 230. The third-order valence-electron chi connectivity index (χ3n) is 2.94. The van der Waals surface area contributed by atoms with Crippen molar-refractivity contribution in [3.63, 3.8) is 0 Å². The predicted molar refractivity (Wildman–Crippen MR) is 75.1 cm³/mol. The molecule has 100 valence electrons. The quantitative estimate of drug-likeness (QED) is 0.591. The Labute approximate surface area is 110 Å². The maximum absolute atomic E-state index is 9.24. The van der Waals surface area contributed by atoms with Crippen LogP contribution in [0.1, 0.15) is 40.0 Å². The second kappa shape index (κ2) is 9.76. The molecule has 0 saturated carbocycles. The van der Waals surface area contributed by atoms with Crippen LogP contribution >= 0.6 is 11.8 Å². The monoisotopic (exact) mass is 258 g/mol. The highest BCUT2D eigenvalue weighted by Crippen LogP contribution is 2.19. The second-order valence-electron chi connectivity index (χ2n) is 4.54. The highest BCUT2D eigenvalue weighted by Gasteiger charge is 2.25. The predicted octanol–water partition coefficient (Wildman–Crippen LogP) is 2.41. The molecule has 0 heterocycles. The standard InChI is InChI=1S/C13H26N2OS/c1-4-13(11-14,15-5-2)7-6-8-17-10-12(3)9-16/h12,15-16H,4-10H2,1-3H3. The minimum atomic E-state index is -0.335. The Kier molecular flexibility index (Phi) is 9.62. The summed E-state index contributed by atoms with van der Waals surface area (Å²) in [4.78, 5) is 0. The molecule has 0 amide bonds. The molecule has 0 bridgehead atoms. The maximum Gasteiger partial charge on any atom is 0.106 e. The van der Waals surface area contributed by atoms with E-state index >= 15 is 0 Å². The highest BCUT2D eigenvalue weighted by atomic mass is 32.2. The molecule has 0 radical (unpaired) electrons. The van der Waals surface area contributed by atoms with E-state index in [0.29, 0.717) is 5.92 Å². The molecule has 0 fully saturated rings. The second-order valence-corrected chi connectivity index (χ2v) is 5.69. The molecular weight excluding hydrogens is 232 g/mol. The van der Waals surface area contributed by atoms with Crippen LogP contribution < -0.4 is 5.32 Å². The lowest BCUT2D eigenvalue weighted by Gasteiger charge is -2.26. The van der Waals surface area contributed by atoms with Crippen LogP contribution in [0, 0.1) is 17.2 Å². The van der Waals surface area contributed by atoms with Crippen LogP contribution in [0.5, 0.6) is 0 Å². The average Bonchev–Trinajstić information content (AvgIpc) is 2.36. The minimum Gasteiger partial charge on any atom is -0.396 e. The van der Waals surface area contributed by atoms with E-state index < -0.39 is 0 Å². The lowest BCUT2D eigenvalue weighted by Crippen LogP contribution is -2.43. The van der Waals surface area contributed by atoms with Crippen LogP contribution in [0.3, 0.4) is 0 Å². The number of hydrogen-bond acceptors (Lipinski definition) is 4. The molecule has 2 unspecified atom stereocenters. The van der Waals surface area contributed by atoms with Crippen LogP contribution in [0.4, 0.5) is 0 Å². The first-order valence-electron chi connectivity index (χ1n) is 6.49. The van der Waals surface area contributed by atoms with Gasteiger partial charge < -0.3 is 5.11 Å². The van der Waals surface area contributed by atoms with Crippen molar-refractivity contribution >= 4 is 11.8 Å². The van der Waals surface area contributed by atoms with E-state index in [-0.39, 0.29) is 12.1 Å². The Hall–Kier alpha value is -0.240. The fourth-order valence-corrected chi connectivity index (χ4v) is 2.74. The third kappa shape index (κ3) is 6.92. The van der Waals surface area contributed by atoms with E-state index in [0.717, 1.165) is 37.3 Å². The van der Waals surface area contributed by atoms with Gasteiger partial charge in [0, 0.05) is 6.61 Å². The molecule has 0 aliphatic rings. The smallest absolute Gasteiger partial charge is 0.106 e. The molecule has 2 N–H and O–H groups in total. The molecule has 0 aromatic rings. The average molecular weight is 258 g/mol. The van der Waals surface area contributed by atoms with E-state index in [1.54, 1.807) is 0 Å². The Balaban J connectivity index is 3.80. The normalized spacial score (nSPS) is 16.2. The Morgan fingerprint density at radius 1 is 1.47 bits per heavy atom. The summed E-state index contributed by atoms with van der Waals surface area (Å²) >= 11 is 1.87. The van der Waals surface area contributed by atoms with Crippen molar-refractivity contribution in [2.75, 3.05) is 24.7 Å². The summed E-state index contributed by atoms with van der Waals surface area (Å²) in [6.45, 7) is 7.26. The van der Waals surface area contributed by atoms with Gasteiger partial charge >= 0.3 is 0 Å². The summed E-state index contributed by atoms with van der Waals surface area (Å²) in [6, 6.07) is 2.42. The van der Waals surface area contributed by atoms with Gasteiger partial charge in [-0.25, -0.2) is 0 Å². The summed E-state index contributed by atoms with van der Waals surface area (Å²) in [7, 11) is 0. The van der Waals surface area contributed by atoms with Crippen molar-refractivity contribution in [3.05, 3.63) is 0 Å². The fraction of sp³-hybridized carbons (Fsp3) is 0.923. The third-order valence-corrected chi connectivity index (χ3v) is 4.32. The SMILES string of the molecule is CCNC(C#N)(CC)CCCSCC(C)CO. The van der Waals surface area contributed by atoms with Crippen molar-refractivity contribution in [2.24, 2.45) is 5.92 Å². The van der Waals surface area contributed by atoms with Gasteiger partial charge in [0.1, 0.15) is 5.54 Å². The Morgan fingerprint density at radius 2 is 2.18 bits per heavy atom. The van der Waals surface area contributed by atoms with Crippen LogP contribution in [-0.2, 0) is 0 Å². The van der Waals surface area contributed by atoms with Gasteiger partial charge in [-0.2, -0.15) is 17.0 Å². The van der Waals surface area contributed by atoms with E-state index in [4.69, 9.17) is 5.11 Å². The van der Waals surface area contributed by atoms with Crippen molar-refractivity contribution < 1.29 is 5.11 Å². The molecule has 3 nitrogen and oxygen atoms in total. The molecule has 0 aliphatic carbocycles. The topological polar surface area (TPSA) is 56.0 Å². The molecule has 2 atom stereocenters. The number of nitriles is 1. The number of thioether (sulfide) groups is 1. The van der Waals surface area contributed by atoms with E-state index in [9.17, 15) is 5.26 Å². The summed E-state index contributed by atoms with van der Waals surface area (Å²) in [5.41, 5.74) is -0.335. The zero-order chi connectivity index (χ0) is 13.1. The van der Waals surface area contributed by atoms with E-state index in [1.807, 2.05) is 18.7 Å². The summed E-state index contributed by atoms with van der Waals surface area (Å²) in [5, 5.41) is 21.4. The Morgan fingerprint density at radius 3 is 2.65 bits per heavy atom. The van der Waals surface area contributed by atoms with Gasteiger partial charge in [-0.05, 0) is 43.2 Å². The zero-order valence-electron chi connectivity index (χ0n) is 11.3. The van der Waals surface area contributed by atoms with Crippen LogP contribution in [0.2, 0.25) is 0 Å². The molecule has 0 saturated heterocycles. The lowest BCUT2D eigenvalue weighted by molar-refractivity contribution is 0.250. The van der Waals surface area contributed by atoms with Gasteiger partial charge in [-0.15, -0.1) is 0 Å². The first kappa shape index (κ1) is 16.8. The maximum atomic E-state index is 9.24. The molecular formula is C13H26N2OS.